The lowest BCUT2D eigenvalue weighted by Crippen LogP contribution is -2.03. The Bertz CT molecular complexity index is 113. The van der Waals surface area contributed by atoms with Crippen LogP contribution in [0.15, 0.2) is 0 Å². The predicted octanol–water partition coefficient (Wildman–Crippen LogP) is 3.22. The van der Waals surface area contributed by atoms with E-state index < -0.39 is 0 Å². The molecule has 2 fully saturated rings. The second-order valence-corrected chi connectivity index (χ2v) is 4.35. The fourth-order valence-electron chi connectivity index (χ4n) is 2.35. The van der Waals surface area contributed by atoms with Crippen LogP contribution < -0.4 is 0 Å². The van der Waals surface area contributed by atoms with Gasteiger partial charge in [-0.05, 0) is 24.2 Å². The Balaban J connectivity index is 1.79. The number of hydrogen-bond acceptors (Lipinski definition) is 0. The highest BCUT2D eigenvalue weighted by molar-refractivity contribution is 4.82. The van der Waals surface area contributed by atoms with Gasteiger partial charge in [-0.2, -0.15) is 0 Å². The molecule has 10 heavy (non-hydrogen) atoms. The molecule has 2 aliphatic carbocycles. The number of hydrogen-bond donors (Lipinski definition) is 0. The first kappa shape index (κ1) is 6.69. The van der Waals surface area contributed by atoms with Crippen LogP contribution in [-0.4, -0.2) is 0 Å². The Morgan fingerprint density at radius 3 is 2.40 bits per heavy atom. The zero-order chi connectivity index (χ0) is 6.97. The van der Waals surface area contributed by atoms with Gasteiger partial charge in [-0.1, -0.05) is 39.0 Å². The van der Waals surface area contributed by atoms with E-state index >= 15 is 0 Å². The van der Waals surface area contributed by atoms with Gasteiger partial charge in [0.15, 0.2) is 0 Å². The Morgan fingerprint density at radius 2 is 1.90 bits per heavy atom. The minimum absolute atomic E-state index is 1.06. The van der Waals surface area contributed by atoms with Gasteiger partial charge in [-0.25, -0.2) is 0 Å². The van der Waals surface area contributed by atoms with Gasteiger partial charge >= 0.3 is 0 Å². The SMILES string of the molecule is CC1CCCC1CC1CC1. The molecule has 2 unspecified atom stereocenters. The van der Waals surface area contributed by atoms with Crippen molar-refractivity contribution in [1.29, 1.82) is 0 Å². The van der Waals surface area contributed by atoms with Crippen LogP contribution in [0.25, 0.3) is 0 Å². The molecule has 0 amide bonds. The molecule has 0 N–H and O–H groups in total. The van der Waals surface area contributed by atoms with Gasteiger partial charge in [0.2, 0.25) is 0 Å². The first-order chi connectivity index (χ1) is 4.86. The molecule has 0 heterocycles. The van der Waals surface area contributed by atoms with Crippen LogP contribution in [0.2, 0.25) is 0 Å². The molecule has 0 heteroatoms. The fourth-order valence-corrected chi connectivity index (χ4v) is 2.35. The number of rotatable bonds is 2. The van der Waals surface area contributed by atoms with Crippen LogP contribution in [0.5, 0.6) is 0 Å². The third-order valence-corrected chi connectivity index (χ3v) is 3.37. The summed E-state index contributed by atoms with van der Waals surface area (Å²) < 4.78 is 0. The first-order valence-corrected chi connectivity index (χ1v) is 4.86. The van der Waals surface area contributed by atoms with Crippen LogP contribution in [0, 0.1) is 17.8 Å². The van der Waals surface area contributed by atoms with E-state index in [1.54, 1.807) is 19.3 Å². The summed E-state index contributed by atoms with van der Waals surface area (Å²) in [6.45, 7) is 2.44. The lowest BCUT2D eigenvalue weighted by Gasteiger charge is -2.13. The summed E-state index contributed by atoms with van der Waals surface area (Å²) in [5.41, 5.74) is 0. The molecule has 2 saturated carbocycles. The van der Waals surface area contributed by atoms with Crippen LogP contribution in [0.3, 0.4) is 0 Å². The summed E-state index contributed by atoms with van der Waals surface area (Å²) in [5, 5.41) is 0. The summed E-state index contributed by atoms with van der Waals surface area (Å²) in [6, 6.07) is 0. The molecule has 0 saturated heterocycles. The Hall–Kier alpha value is 0. The molecule has 0 spiro atoms. The average Bonchev–Trinajstić information content (AvgIpc) is 2.62. The molecule has 0 nitrogen and oxygen atoms in total. The zero-order valence-corrected chi connectivity index (χ0v) is 6.97. The molecule has 0 radical (unpaired) electrons. The van der Waals surface area contributed by atoms with Crippen LogP contribution in [-0.2, 0) is 0 Å². The molecule has 2 atom stereocenters. The second kappa shape index (κ2) is 2.56. The van der Waals surface area contributed by atoms with E-state index in [4.69, 9.17) is 0 Å². The van der Waals surface area contributed by atoms with Crippen LogP contribution in [0.1, 0.15) is 45.4 Å². The van der Waals surface area contributed by atoms with Gasteiger partial charge in [0.05, 0.1) is 0 Å². The molecule has 58 valence electrons. The van der Waals surface area contributed by atoms with E-state index in [0.717, 1.165) is 17.8 Å². The van der Waals surface area contributed by atoms with Gasteiger partial charge < -0.3 is 0 Å². The second-order valence-electron chi connectivity index (χ2n) is 4.35. The summed E-state index contributed by atoms with van der Waals surface area (Å²) in [7, 11) is 0. The summed E-state index contributed by atoms with van der Waals surface area (Å²) in [6.07, 6.45) is 9.22. The van der Waals surface area contributed by atoms with E-state index in [0.29, 0.717) is 0 Å². The normalized spacial score (nSPS) is 40.5. The molecular formula is C10H18. The van der Waals surface area contributed by atoms with Gasteiger partial charge in [-0.15, -0.1) is 0 Å². The summed E-state index contributed by atoms with van der Waals surface area (Å²) >= 11 is 0. The predicted molar refractivity (Wildman–Crippen MR) is 43.8 cm³/mol. The Kier molecular flexibility index (Phi) is 1.71. The molecule has 2 aliphatic rings. The fraction of sp³-hybridized carbons (Fsp3) is 1.00. The van der Waals surface area contributed by atoms with Crippen molar-refractivity contribution in [3.63, 3.8) is 0 Å². The van der Waals surface area contributed by atoms with Crippen molar-refractivity contribution >= 4 is 0 Å². The maximum absolute atomic E-state index is 2.44. The molecule has 2 rings (SSSR count). The van der Waals surface area contributed by atoms with E-state index in [-0.39, 0.29) is 0 Å². The Labute approximate surface area is 64.0 Å². The largest absolute Gasteiger partial charge is 0.0622 e. The lowest BCUT2D eigenvalue weighted by atomic mass is 9.93. The molecule has 0 aliphatic heterocycles. The van der Waals surface area contributed by atoms with Crippen LogP contribution in [0.4, 0.5) is 0 Å². The molecule has 0 aromatic rings. The quantitative estimate of drug-likeness (QED) is 0.549. The molecular weight excluding hydrogens is 120 g/mol. The van der Waals surface area contributed by atoms with E-state index in [2.05, 4.69) is 6.92 Å². The van der Waals surface area contributed by atoms with Crippen molar-refractivity contribution in [1.82, 2.24) is 0 Å². The van der Waals surface area contributed by atoms with Crippen molar-refractivity contribution in [2.24, 2.45) is 17.8 Å². The third-order valence-electron chi connectivity index (χ3n) is 3.37. The summed E-state index contributed by atoms with van der Waals surface area (Å²) in [5.74, 6) is 3.33. The topological polar surface area (TPSA) is 0 Å². The smallest absolute Gasteiger partial charge is 0.0386 e. The molecule has 0 aromatic carbocycles. The van der Waals surface area contributed by atoms with Crippen molar-refractivity contribution < 1.29 is 0 Å². The van der Waals surface area contributed by atoms with E-state index in [9.17, 15) is 0 Å². The first-order valence-electron chi connectivity index (χ1n) is 4.86. The monoisotopic (exact) mass is 138 g/mol. The highest BCUT2D eigenvalue weighted by Crippen LogP contribution is 2.42. The average molecular weight is 138 g/mol. The van der Waals surface area contributed by atoms with Crippen molar-refractivity contribution in [3.8, 4) is 0 Å². The zero-order valence-electron chi connectivity index (χ0n) is 6.97. The maximum atomic E-state index is 2.44. The highest BCUT2D eigenvalue weighted by Gasteiger charge is 2.30. The van der Waals surface area contributed by atoms with E-state index in [1.165, 1.54) is 19.3 Å². The Morgan fingerprint density at radius 1 is 1.10 bits per heavy atom. The molecule has 0 bridgehead atoms. The van der Waals surface area contributed by atoms with Gasteiger partial charge in [0.1, 0.15) is 0 Å². The standard InChI is InChI=1S/C10H18/c1-8-3-2-4-10(8)7-9-5-6-9/h8-10H,2-7H2,1H3. The van der Waals surface area contributed by atoms with Gasteiger partial charge in [0, 0.05) is 0 Å². The maximum Gasteiger partial charge on any atom is -0.0386 e. The van der Waals surface area contributed by atoms with E-state index in [1.807, 2.05) is 0 Å². The van der Waals surface area contributed by atoms with Crippen molar-refractivity contribution in [2.45, 2.75) is 45.4 Å². The minimum Gasteiger partial charge on any atom is -0.0622 e. The third kappa shape index (κ3) is 1.36. The molecule has 0 aromatic heterocycles. The van der Waals surface area contributed by atoms with Gasteiger partial charge in [-0.3, -0.25) is 0 Å². The van der Waals surface area contributed by atoms with Gasteiger partial charge in [0.25, 0.3) is 0 Å². The van der Waals surface area contributed by atoms with Crippen LogP contribution >= 0.6 is 0 Å². The lowest BCUT2D eigenvalue weighted by molar-refractivity contribution is 0.372. The van der Waals surface area contributed by atoms with Crippen molar-refractivity contribution in [3.05, 3.63) is 0 Å². The highest BCUT2D eigenvalue weighted by atomic mass is 14.4. The minimum atomic E-state index is 1.06. The summed E-state index contributed by atoms with van der Waals surface area (Å²) in [4.78, 5) is 0. The van der Waals surface area contributed by atoms with Crippen molar-refractivity contribution in [2.75, 3.05) is 0 Å².